The molecule has 4 bridgehead atoms. The molecule has 4 saturated carbocycles. The number of carbonyl (C=O) groups excluding carboxylic acids is 1. The van der Waals surface area contributed by atoms with Crippen LogP contribution in [0.3, 0.4) is 0 Å². The Bertz CT molecular complexity index is 569. The van der Waals surface area contributed by atoms with Gasteiger partial charge < -0.3 is 9.84 Å². The lowest BCUT2D eigenvalue weighted by Gasteiger charge is -2.66. The van der Waals surface area contributed by atoms with Crippen LogP contribution in [0.4, 0.5) is 0 Å². The van der Waals surface area contributed by atoms with Crippen molar-refractivity contribution < 1.29 is 14.6 Å². The molecule has 0 radical (unpaired) electrons. The van der Waals surface area contributed by atoms with E-state index in [4.69, 9.17) is 4.74 Å². The fraction of sp³-hybridized carbons (Fsp3) is 0.950. The van der Waals surface area contributed by atoms with Crippen LogP contribution < -0.4 is 0 Å². The van der Waals surface area contributed by atoms with Gasteiger partial charge in [0.1, 0.15) is 0 Å². The average Bonchev–Trinajstić information content (AvgIpc) is 2.68. The van der Waals surface area contributed by atoms with Crippen molar-refractivity contribution in [1.29, 1.82) is 0 Å². The summed E-state index contributed by atoms with van der Waals surface area (Å²) in [6.45, 7) is 4.91. The van der Waals surface area contributed by atoms with Crippen LogP contribution in [0.15, 0.2) is 0 Å². The summed E-state index contributed by atoms with van der Waals surface area (Å²) in [5.74, 6) is 1.74. The van der Waals surface area contributed by atoms with Crippen molar-refractivity contribution in [2.45, 2.75) is 77.2 Å². The van der Waals surface area contributed by atoms with Gasteiger partial charge in [-0.05, 0) is 88.4 Å². The SMILES string of the molecule is C[C@]12CCC[C@@]3(COC1=O)[C@@H]1CCC4CC1(CC[C@@H]32)C[C@@]4(C)O. The summed E-state index contributed by atoms with van der Waals surface area (Å²) in [7, 11) is 0. The fourth-order valence-corrected chi connectivity index (χ4v) is 8.36. The normalized spacial score (nSPS) is 60.7. The molecular formula is C20H30O3. The van der Waals surface area contributed by atoms with Crippen molar-refractivity contribution >= 4 is 5.97 Å². The third-order valence-electron chi connectivity index (χ3n) is 9.15. The van der Waals surface area contributed by atoms with Crippen LogP contribution >= 0.6 is 0 Å². The number of cyclic esters (lactones) is 1. The molecule has 3 nitrogen and oxygen atoms in total. The van der Waals surface area contributed by atoms with E-state index < -0.39 is 5.60 Å². The van der Waals surface area contributed by atoms with Gasteiger partial charge in [-0.2, -0.15) is 0 Å². The monoisotopic (exact) mass is 318 g/mol. The molecule has 128 valence electrons. The maximum Gasteiger partial charge on any atom is 0.312 e. The second-order valence-corrected chi connectivity index (χ2v) is 10.1. The summed E-state index contributed by atoms with van der Waals surface area (Å²) in [6, 6.07) is 0. The van der Waals surface area contributed by atoms with E-state index in [0.717, 1.165) is 12.8 Å². The highest BCUT2D eigenvalue weighted by molar-refractivity contribution is 5.78. The van der Waals surface area contributed by atoms with Crippen molar-refractivity contribution in [3.63, 3.8) is 0 Å². The first-order chi connectivity index (χ1) is 10.8. The quantitative estimate of drug-likeness (QED) is 0.693. The van der Waals surface area contributed by atoms with Crippen LogP contribution in [-0.4, -0.2) is 23.3 Å². The topological polar surface area (TPSA) is 46.5 Å². The highest BCUT2D eigenvalue weighted by Gasteiger charge is 2.70. The summed E-state index contributed by atoms with van der Waals surface area (Å²) < 4.78 is 5.81. The van der Waals surface area contributed by atoms with Crippen LogP contribution in [0.1, 0.15) is 71.6 Å². The number of carbonyl (C=O) groups is 1. The van der Waals surface area contributed by atoms with Crippen molar-refractivity contribution in [3.8, 4) is 0 Å². The van der Waals surface area contributed by atoms with E-state index in [1.807, 2.05) is 0 Å². The van der Waals surface area contributed by atoms with Crippen molar-refractivity contribution in [3.05, 3.63) is 0 Å². The molecule has 0 aromatic heterocycles. The second kappa shape index (κ2) is 4.15. The number of rotatable bonds is 0. The molecule has 5 fully saturated rings. The lowest BCUT2D eigenvalue weighted by atomic mass is 9.40. The van der Waals surface area contributed by atoms with Gasteiger partial charge in [-0.25, -0.2) is 0 Å². The fourth-order valence-electron chi connectivity index (χ4n) is 8.36. The molecule has 4 aliphatic carbocycles. The van der Waals surface area contributed by atoms with Gasteiger partial charge in [0.15, 0.2) is 0 Å². The van der Waals surface area contributed by atoms with E-state index >= 15 is 0 Å². The van der Waals surface area contributed by atoms with Gasteiger partial charge in [-0.15, -0.1) is 0 Å². The molecule has 1 N–H and O–H groups in total. The molecule has 5 aliphatic rings. The molecule has 0 aromatic carbocycles. The average molecular weight is 318 g/mol. The summed E-state index contributed by atoms with van der Waals surface area (Å²) in [5, 5.41) is 10.9. The molecule has 1 heterocycles. The van der Waals surface area contributed by atoms with Crippen LogP contribution in [0.5, 0.6) is 0 Å². The van der Waals surface area contributed by atoms with E-state index in [9.17, 15) is 9.90 Å². The number of hydrogen-bond donors (Lipinski definition) is 1. The Morgan fingerprint density at radius 1 is 1.09 bits per heavy atom. The molecule has 3 heteroatoms. The Kier molecular flexibility index (Phi) is 2.66. The first-order valence-electron chi connectivity index (χ1n) is 9.72. The van der Waals surface area contributed by atoms with Crippen LogP contribution in [0, 0.1) is 34.0 Å². The van der Waals surface area contributed by atoms with Gasteiger partial charge in [0.25, 0.3) is 0 Å². The zero-order chi connectivity index (χ0) is 16.1. The summed E-state index contributed by atoms with van der Waals surface area (Å²) in [4.78, 5) is 12.5. The van der Waals surface area contributed by atoms with Gasteiger partial charge >= 0.3 is 5.97 Å². The van der Waals surface area contributed by atoms with Gasteiger partial charge in [0, 0.05) is 5.41 Å². The number of hydrogen-bond acceptors (Lipinski definition) is 3. The Labute approximate surface area is 139 Å². The number of ether oxygens (including phenoxy) is 1. The summed E-state index contributed by atoms with van der Waals surface area (Å²) in [6.07, 6.45) is 10.4. The largest absolute Gasteiger partial charge is 0.465 e. The maximum absolute atomic E-state index is 12.5. The predicted molar refractivity (Wildman–Crippen MR) is 86.6 cm³/mol. The first kappa shape index (κ1) is 14.7. The molecule has 1 saturated heterocycles. The molecule has 2 unspecified atom stereocenters. The van der Waals surface area contributed by atoms with Gasteiger partial charge in [0.05, 0.1) is 17.6 Å². The Morgan fingerprint density at radius 3 is 2.74 bits per heavy atom. The maximum atomic E-state index is 12.5. The van der Waals surface area contributed by atoms with Gasteiger partial charge in [-0.3, -0.25) is 4.79 Å². The summed E-state index contributed by atoms with van der Waals surface area (Å²) >= 11 is 0. The smallest absolute Gasteiger partial charge is 0.312 e. The molecule has 23 heavy (non-hydrogen) atoms. The molecule has 0 aromatic rings. The predicted octanol–water partition coefficient (Wildman–Crippen LogP) is 3.69. The van der Waals surface area contributed by atoms with E-state index in [-0.39, 0.29) is 16.8 Å². The first-order valence-corrected chi connectivity index (χ1v) is 9.72. The van der Waals surface area contributed by atoms with Gasteiger partial charge in [-0.1, -0.05) is 6.42 Å². The van der Waals surface area contributed by atoms with E-state index in [2.05, 4.69) is 13.8 Å². The van der Waals surface area contributed by atoms with E-state index in [0.29, 0.717) is 29.8 Å². The minimum Gasteiger partial charge on any atom is -0.465 e. The highest BCUT2D eigenvalue weighted by Crippen LogP contribution is 2.74. The minimum absolute atomic E-state index is 0.0703. The third kappa shape index (κ3) is 1.59. The van der Waals surface area contributed by atoms with Crippen molar-refractivity contribution in [1.82, 2.24) is 0 Å². The number of aliphatic hydroxyl groups is 1. The Balaban J connectivity index is 1.60. The molecule has 1 aliphatic heterocycles. The molecule has 5 rings (SSSR count). The van der Waals surface area contributed by atoms with Crippen LogP contribution in [0.25, 0.3) is 0 Å². The van der Waals surface area contributed by atoms with Crippen molar-refractivity contribution in [2.75, 3.05) is 6.61 Å². The second-order valence-electron chi connectivity index (χ2n) is 10.1. The summed E-state index contributed by atoms with van der Waals surface area (Å²) in [5.41, 5.74) is -0.174. The number of esters is 1. The molecular weight excluding hydrogens is 288 g/mol. The molecule has 1 spiro atoms. The van der Waals surface area contributed by atoms with E-state index in [1.165, 1.54) is 44.9 Å². The Hall–Kier alpha value is -0.570. The minimum atomic E-state index is -0.471. The van der Waals surface area contributed by atoms with Crippen molar-refractivity contribution in [2.24, 2.45) is 34.0 Å². The third-order valence-corrected chi connectivity index (χ3v) is 9.15. The zero-order valence-electron chi connectivity index (χ0n) is 14.6. The van der Waals surface area contributed by atoms with Crippen LogP contribution in [0.2, 0.25) is 0 Å². The zero-order valence-corrected chi connectivity index (χ0v) is 14.6. The molecule has 7 atom stereocenters. The highest BCUT2D eigenvalue weighted by atomic mass is 16.5. The van der Waals surface area contributed by atoms with Crippen LogP contribution in [-0.2, 0) is 9.53 Å². The standard InChI is InChI=1S/C20H30O3/c1-17-7-3-8-20(12-23-16(17)21)14(17)6-9-19-10-13(4-5-15(19)20)18(2,22)11-19/h13-15,22H,3-12H2,1-2H3/t13?,14-,15-,17-,18-,19?,20+/m1/s1. The number of fused-ring (bicyclic) bond motifs is 1. The Morgan fingerprint density at radius 2 is 1.91 bits per heavy atom. The van der Waals surface area contributed by atoms with E-state index in [1.54, 1.807) is 0 Å². The molecule has 0 amide bonds. The van der Waals surface area contributed by atoms with Gasteiger partial charge in [0.2, 0.25) is 0 Å². The lowest BCUT2D eigenvalue weighted by Crippen LogP contribution is -2.64. The lowest BCUT2D eigenvalue weighted by molar-refractivity contribution is -0.233.